The van der Waals surface area contributed by atoms with Crippen molar-refractivity contribution in [3.63, 3.8) is 0 Å². The molecule has 4 nitrogen and oxygen atoms in total. The highest BCUT2D eigenvalue weighted by molar-refractivity contribution is 6.18. The van der Waals surface area contributed by atoms with Gasteiger partial charge in [0, 0.05) is 61.2 Å². The van der Waals surface area contributed by atoms with E-state index in [0.717, 1.165) is 107 Å². The molecule has 0 aliphatic heterocycles. The highest BCUT2D eigenvalue weighted by Crippen LogP contribution is 2.49. The van der Waals surface area contributed by atoms with Crippen LogP contribution in [0.15, 0.2) is 497 Å². The molecule has 0 saturated heterocycles. The zero-order valence-corrected chi connectivity index (χ0v) is 71.1. The Kier molecular flexibility index (Phi) is 18.3. The Morgan fingerprint density at radius 3 is 1.09 bits per heavy atom. The molecule has 23 aromatic carbocycles. The van der Waals surface area contributed by atoms with Crippen molar-refractivity contribution in [2.75, 3.05) is 9.80 Å². The number of rotatable bonds is 16. The van der Waals surface area contributed by atoms with Gasteiger partial charge in [-0.2, -0.15) is 0 Å². The molecule has 0 bridgehead atoms. The summed E-state index contributed by atoms with van der Waals surface area (Å²) in [6, 6.07) is 184. The number of benzene rings is 23. The predicted molar refractivity (Wildman–Crippen MR) is 553 cm³/mol. The molecule has 0 amide bonds. The van der Waals surface area contributed by atoms with E-state index >= 15 is 0 Å². The highest BCUT2D eigenvalue weighted by atomic mass is 15.2. The van der Waals surface area contributed by atoms with Gasteiger partial charge in [0.15, 0.2) is 0 Å². The van der Waals surface area contributed by atoms with Crippen LogP contribution < -0.4 is 9.80 Å². The predicted octanol–water partition coefficient (Wildman–Crippen LogP) is 35.1. The molecule has 0 atom stereocenters. The van der Waals surface area contributed by atoms with E-state index in [-0.39, 0.29) is 0 Å². The van der Waals surface area contributed by atoms with Crippen molar-refractivity contribution in [1.29, 1.82) is 0 Å². The minimum atomic E-state index is 1.05. The van der Waals surface area contributed by atoms with Crippen molar-refractivity contribution in [2.24, 2.45) is 0 Å². The number of aromatic nitrogens is 2. The number of hydrogen-bond donors (Lipinski definition) is 0. The second kappa shape index (κ2) is 31.5. The monoisotopic (exact) mass is 1650 g/mol. The molecule has 0 aliphatic rings. The van der Waals surface area contributed by atoms with Gasteiger partial charge < -0.3 is 18.9 Å². The number of nitrogens with zero attached hydrogens (tertiary/aromatic N) is 4. The number of para-hydroxylation sites is 6. The van der Waals surface area contributed by atoms with E-state index in [0.29, 0.717) is 0 Å². The van der Waals surface area contributed by atoms with Crippen molar-refractivity contribution >= 4 is 142 Å². The largest absolute Gasteiger partial charge is 0.310 e. The van der Waals surface area contributed by atoms with Gasteiger partial charge in [-0.25, -0.2) is 0 Å². The van der Waals surface area contributed by atoms with Gasteiger partial charge in [0.25, 0.3) is 0 Å². The Morgan fingerprint density at radius 1 is 0.146 bits per heavy atom. The van der Waals surface area contributed by atoms with Crippen LogP contribution in [0.3, 0.4) is 0 Å². The summed E-state index contributed by atoms with van der Waals surface area (Å²) in [5.74, 6) is 0. The lowest BCUT2D eigenvalue weighted by molar-refractivity contribution is 1.15. The van der Waals surface area contributed by atoms with Crippen LogP contribution in [-0.2, 0) is 0 Å². The van der Waals surface area contributed by atoms with Crippen LogP contribution in [0, 0.1) is 0 Å². The quantitative estimate of drug-likeness (QED) is 0.0897. The molecule has 0 fully saturated rings. The van der Waals surface area contributed by atoms with Gasteiger partial charge in [-0.15, -0.1) is 0 Å². The molecule has 0 spiro atoms. The standard InChI is InChI=1S/C126H82N4/c1-2-32-102(33-3-1)129-123-75-64-100(82-120(123)118-43-21-40-111(126(118)129)101-31-18-34-107(80-101)127(104-69-58-88(59-70-104)109-38-19-41-112-108-35-9-8-24-87(108)62-73-114(109)112)103-65-54-85(55-66-103)93-27-16-29-95(76-93)97-51-48-83-22-4-6-25-91(83)78-97)99-53-50-90-63-74-115-110(39-20-42-113(115)119(90)81-99)89-60-71-106(72-61-89)128(124-46-14-15-47-125(124)130-121-44-12-10-36-116(121)117-37-11-13-45-122(117)130)105-67-56-86(57-68-105)94-28-17-30-96(77-94)98-52-49-84-23-5-7-26-92(84)79-98/h1-82H. The smallest absolute Gasteiger partial charge is 0.0702 e. The molecule has 0 aliphatic carbocycles. The first kappa shape index (κ1) is 75.4. The maximum atomic E-state index is 2.48. The van der Waals surface area contributed by atoms with Gasteiger partial charge in [-0.3, -0.25) is 0 Å². The lowest BCUT2D eigenvalue weighted by Crippen LogP contribution is -2.13. The summed E-state index contributed by atoms with van der Waals surface area (Å²) in [4.78, 5) is 4.85. The third-order valence-electron chi connectivity index (χ3n) is 26.8. The van der Waals surface area contributed by atoms with E-state index < -0.39 is 0 Å². The second-order valence-corrected chi connectivity index (χ2v) is 34.2. The lowest BCUT2D eigenvalue weighted by atomic mass is 9.92. The van der Waals surface area contributed by atoms with Gasteiger partial charge in [0.05, 0.1) is 33.4 Å². The Hall–Kier alpha value is -17.2. The normalized spacial score (nSPS) is 11.7. The average molecular weight is 1650 g/mol. The zero-order chi connectivity index (χ0) is 85.7. The Bertz CT molecular complexity index is 8730. The van der Waals surface area contributed by atoms with Gasteiger partial charge in [0.2, 0.25) is 0 Å². The van der Waals surface area contributed by atoms with Crippen LogP contribution in [0.25, 0.3) is 209 Å². The van der Waals surface area contributed by atoms with Crippen molar-refractivity contribution < 1.29 is 0 Å². The van der Waals surface area contributed by atoms with Crippen LogP contribution in [-0.4, -0.2) is 9.13 Å². The first-order chi connectivity index (χ1) is 64.4. The Balaban J connectivity index is 0.567. The molecule has 2 aromatic heterocycles. The second-order valence-electron chi connectivity index (χ2n) is 34.2. The van der Waals surface area contributed by atoms with Crippen LogP contribution in [0.1, 0.15) is 0 Å². The third-order valence-corrected chi connectivity index (χ3v) is 26.8. The SMILES string of the molecule is c1ccc(-n2c3ccc(-c4ccc5ccc6c(-c7ccc(N(c8ccc(-c9cccc(-c%10ccc%11ccccc%11c%10)c9)cc8)c8ccccc8-n8c9ccccc9c9ccccc98)cc7)cccc6c5c4)cc3c3cccc(-c4cccc(N(c5ccc(-c6cccc(-c7ccc8ccccc8c7)c6)cc5)c5ccc(-c6cccc7c6ccc6ccccc67)cc5)c4)c32)cc1. The number of anilines is 6. The number of hydrogen-bond acceptors (Lipinski definition) is 2. The van der Waals surface area contributed by atoms with Crippen molar-refractivity contribution in [3.05, 3.63) is 497 Å². The van der Waals surface area contributed by atoms with Crippen molar-refractivity contribution in [2.45, 2.75) is 0 Å². The molecule has 0 saturated carbocycles. The molecule has 0 radical (unpaired) electrons. The fourth-order valence-corrected chi connectivity index (χ4v) is 20.5. The van der Waals surface area contributed by atoms with Crippen LogP contribution in [0.2, 0.25) is 0 Å². The van der Waals surface area contributed by atoms with E-state index in [1.807, 2.05) is 0 Å². The van der Waals surface area contributed by atoms with Crippen LogP contribution >= 0.6 is 0 Å². The summed E-state index contributed by atoms with van der Waals surface area (Å²) < 4.78 is 4.92. The molecule has 4 heteroatoms. The molecule has 0 unspecified atom stereocenters. The minimum absolute atomic E-state index is 1.05. The Morgan fingerprint density at radius 2 is 0.515 bits per heavy atom. The van der Waals surface area contributed by atoms with Gasteiger partial charge >= 0.3 is 0 Å². The fourth-order valence-electron chi connectivity index (χ4n) is 20.5. The summed E-state index contributed by atoms with van der Waals surface area (Å²) in [7, 11) is 0. The summed E-state index contributed by atoms with van der Waals surface area (Å²) >= 11 is 0. The van der Waals surface area contributed by atoms with E-state index in [1.165, 1.54) is 136 Å². The first-order valence-corrected chi connectivity index (χ1v) is 44.8. The van der Waals surface area contributed by atoms with Crippen LogP contribution in [0.4, 0.5) is 34.1 Å². The Labute approximate surface area is 753 Å². The summed E-state index contributed by atoms with van der Waals surface area (Å²) in [6.45, 7) is 0. The van der Waals surface area contributed by atoms with Gasteiger partial charge in [0.1, 0.15) is 0 Å². The molecule has 2 heterocycles. The number of fused-ring (bicyclic) bond motifs is 14. The molecule has 130 heavy (non-hydrogen) atoms. The maximum Gasteiger partial charge on any atom is 0.0702 e. The van der Waals surface area contributed by atoms with Crippen molar-refractivity contribution in [3.8, 4) is 100 Å². The molecule has 0 N–H and O–H groups in total. The molecular weight excluding hydrogens is 1570 g/mol. The van der Waals surface area contributed by atoms with Crippen molar-refractivity contribution in [1.82, 2.24) is 9.13 Å². The first-order valence-electron chi connectivity index (χ1n) is 44.8. The summed E-state index contributed by atoms with van der Waals surface area (Å²) in [6.07, 6.45) is 0. The zero-order valence-electron chi connectivity index (χ0n) is 71.1. The minimum Gasteiger partial charge on any atom is -0.310 e. The molecular formula is C126H82N4. The van der Waals surface area contributed by atoms with Gasteiger partial charge in [-0.05, 0) is 288 Å². The summed E-state index contributed by atoms with van der Waals surface area (Å²) in [5.41, 5.74) is 31.8. The fraction of sp³-hybridized carbons (Fsp3) is 0. The third kappa shape index (κ3) is 13.1. The topological polar surface area (TPSA) is 16.3 Å². The highest BCUT2D eigenvalue weighted by Gasteiger charge is 2.25. The van der Waals surface area contributed by atoms with Gasteiger partial charge in [-0.1, -0.05) is 358 Å². The van der Waals surface area contributed by atoms with E-state index in [1.54, 1.807) is 0 Å². The maximum absolute atomic E-state index is 2.48. The van der Waals surface area contributed by atoms with E-state index in [9.17, 15) is 0 Å². The van der Waals surface area contributed by atoms with Crippen LogP contribution in [0.5, 0.6) is 0 Å². The van der Waals surface area contributed by atoms with E-state index in [2.05, 4.69) is 516 Å². The van der Waals surface area contributed by atoms with E-state index in [4.69, 9.17) is 0 Å². The molecule has 25 aromatic rings. The lowest BCUT2D eigenvalue weighted by Gasteiger charge is -2.28. The molecule has 606 valence electrons. The average Bonchev–Trinajstić information content (AvgIpc) is 1.52. The summed E-state index contributed by atoms with van der Waals surface area (Å²) in [5, 5.41) is 19.6. The molecule has 25 rings (SSSR count).